The molecule has 0 unspecified atom stereocenters. The lowest BCUT2D eigenvalue weighted by atomic mass is 9.95. The fourth-order valence-corrected chi connectivity index (χ4v) is 2.10. The van der Waals surface area contributed by atoms with Crippen molar-refractivity contribution >= 4 is 17.5 Å². The third-order valence-corrected chi connectivity index (χ3v) is 3.87. The Labute approximate surface area is 112 Å². The molecule has 1 rings (SSSR count). The number of amides is 1. The van der Waals surface area contributed by atoms with E-state index in [0.717, 1.165) is 12.8 Å². The third-order valence-electron chi connectivity index (χ3n) is 3.35. The molecule has 0 saturated heterocycles. The van der Waals surface area contributed by atoms with E-state index in [9.17, 15) is 9.59 Å². The number of hydrogen-bond acceptors (Lipinski definition) is 2. The van der Waals surface area contributed by atoms with Gasteiger partial charge in [0, 0.05) is 30.8 Å². The number of carbonyl (C=O) groups is 1. The topological polar surface area (TPSA) is 51.1 Å². The number of nitrogens with zero attached hydrogens (tertiary/aromatic N) is 1. The molecule has 4 nitrogen and oxygen atoms in total. The number of hydrogen-bond donors (Lipinski definition) is 1. The van der Waals surface area contributed by atoms with Crippen LogP contribution in [0.3, 0.4) is 0 Å². The molecule has 0 bridgehead atoms. The van der Waals surface area contributed by atoms with Crippen LogP contribution in [0.2, 0.25) is 0 Å². The van der Waals surface area contributed by atoms with Crippen molar-refractivity contribution in [2.75, 3.05) is 5.88 Å². The summed E-state index contributed by atoms with van der Waals surface area (Å²) in [5, 5.41) is 2.92. The lowest BCUT2D eigenvalue weighted by Crippen LogP contribution is -2.49. The molecule has 0 atom stereocenters. The molecule has 0 aliphatic heterocycles. The molecule has 5 heteroatoms. The molecular formula is C13H19ClN2O2. The van der Waals surface area contributed by atoms with Crippen molar-refractivity contribution in [2.24, 2.45) is 7.05 Å². The number of nitrogens with one attached hydrogen (secondary N) is 1. The van der Waals surface area contributed by atoms with E-state index in [1.54, 1.807) is 19.3 Å². The molecule has 0 aliphatic carbocycles. The Bertz CT molecular complexity index is 470. The van der Waals surface area contributed by atoms with Gasteiger partial charge in [-0.25, -0.2) is 0 Å². The largest absolute Gasteiger partial charge is 0.345 e. The molecule has 1 heterocycles. The standard InChI is InChI=1S/C13H19ClN2O2/c1-4-13(5-2,9-14)15-12(18)10-6-7-16(3)11(17)8-10/h6-8H,4-5,9H2,1-3H3,(H,15,18). The van der Waals surface area contributed by atoms with Crippen molar-refractivity contribution in [3.05, 3.63) is 34.2 Å². The molecule has 0 fully saturated rings. The van der Waals surface area contributed by atoms with Crippen molar-refractivity contribution in [1.82, 2.24) is 9.88 Å². The van der Waals surface area contributed by atoms with Crippen molar-refractivity contribution in [3.8, 4) is 0 Å². The molecule has 100 valence electrons. The zero-order valence-corrected chi connectivity index (χ0v) is 11.8. The maximum atomic E-state index is 12.1. The molecule has 1 amide bonds. The van der Waals surface area contributed by atoms with Gasteiger partial charge in [-0.15, -0.1) is 11.6 Å². The van der Waals surface area contributed by atoms with Crippen LogP contribution >= 0.6 is 11.6 Å². The first-order valence-corrected chi connectivity index (χ1v) is 6.56. The van der Waals surface area contributed by atoms with Gasteiger partial charge >= 0.3 is 0 Å². The Morgan fingerprint density at radius 2 is 2.06 bits per heavy atom. The van der Waals surface area contributed by atoms with Gasteiger partial charge in [0.2, 0.25) is 0 Å². The first-order chi connectivity index (χ1) is 8.48. The second kappa shape index (κ2) is 6.05. The minimum atomic E-state index is -0.403. The summed E-state index contributed by atoms with van der Waals surface area (Å²) >= 11 is 5.93. The van der Waals surface area contributed by atoms with Crippen LogP contribution in [0.15, 0.2) is 23.1 Å². The average molecular weight is 271 g/mol. The van der Waals surface area contributed by atoms with Crippen molar-refractivity contribution < 1.29 is 4.79 Å². The van der Waals surface area contributed by atoms with Crippen LogP contribution in [-0.2, 0) is 7.05 Å². The molecule has 0 saturated carbocycles. The van der Waals surface area contributed by atoms with E-state index in [1.807, 2.05) is 13.8 Å². The number of aromatic nitrogens is 1. The van der Waals surface area contributed by atoms with Gasteiger partial charge in [-0.3, -0.25) is 9.59 Å². The van der Waals surface area contributed by atoms with Crippen molar-refractivity contribution in [2.45, 2.75) is 32.2 Å². The van der Waals surface area contributed by atoms with Gasteiger partial charge in [0.15, 0.2) is 0 Å². The predicted molar refractivity (Wildman–Crippen MR) is 73.2 cm³/mol. The molecule has 0 radical (unpaired) electrons. The minimum absolute atomic E-state index is 0.202. The first-order valence-electron chi connectivity index (χ1n) is 6.03. The quantitative estimate of drug-likeness (QED) is 0.831. The van der Waals surface area contributed by atoms with E-state index < -0.39 is 5.54 Å². The number of pyridine rings is 1. The van der Waals surface area contributed by atoms with Crippen LogP contribution in [0.1, 0.15) is 37.0 Å². The average Bonchev–Trinajstić information content (AvgIpc) is 2.39. The van der Waals surface area contributed by atoms with Crippen LogP contribution in [-0.4, -0.2) is 21.9 Å². The van der Waals surface area contributed by atoms with Crippen LogP contribution in [0, 0.1) is 0 Å². The fraction of sp³-hybridized carbons (Fsp3) is 0.538. The summed E-state index contributed by atoms with van der Waals surface area (Å²) in [7, 11) is 1.64. The summed E-state index contributed by atoms with van der Waals surface area (Å²) in [5.74, 6) is 0.105. The van der Waals surface area contributed by atoms with Gasteiger partial charge in [0.1, 0.15) is 0 Å². The highest BCUT2D eigenvalue weighted by Crippen LogP contribution is 2.17. The monoisotopic (exact) mass is 270 g/mol. The van der Waals surface area contributed by atoms with Crippen LogP contribution in [0.5, 0.6) is 0 Å². The van der Waals surface area contributed by atoms with Gasteiger partial charge in [-0.05, 0) is 18.9 Å². The second-order valence-corrected chi connectivity index (χ2v) is 4.71. The van der Waals surface area contributed by atoms with Gasteiger partial charge in [-0.1, -0.05) is 13.8 Å². The Hall–Kier alpha value is -1.29. The zero-order valence-electron chi connectivity index (χ0n) is 11.0. The van der Waals surface area contributed by atoms with Gasteiger partial charge in [0.05, 0.1) is 5.54 Å². The van der Waals surface area contributed by atoms with E-state index in [4.69, 9.17) is 11.6 Å². The summed E-state index contributed by atoms with van der Waals surface area (Å²) in [6.45, 7) is 3.96. The molecule has 18 heavy (non-hydrogen) atoms. The van der Waals surface area contributed by atoms with E-state index >= 15 is 0 Å². The Morgan fingerprint density at radius 3 is 2.50 bits per heavy atom. The summed E-state index contributed by atoms with van der Waals surface area (Å²) in [6, 6.07) is 2.96. The molecule has 1 aromatic rings. The number of rotatable bonds is 5. The van der Waals surface area contributed by atoms with Gasteiger partial charge in [0.25, 0.3) is 11.5 Å². The Kier molecular flexibility index (Phi) is 4.96. The van der Waals surface area contributed by atoms with E-state index in [1.165, 1.54) is 10.6 Å². The number of halogens is 1. The highest BCUT2D eigenvalue weighted by atomic mass is 35.5. The van der Waals surface area contributed by atoms with Crippen molar-refractivity contribution in [1.29, 1.82) is 0 Å². The van der Waals surface area contributed by atoms with E-state index in [2.05, 4.69) is 5.32 Å². The lowest BCUT2D eigenvalue weighted by Gasteiger charge is -2.30. The summed E-state index contributed by atoms with van der Waals surface area (Å²) < 4.78 is 1.42. The smallest absolute Gasteiger partial charge is 0.252 e. The number of carbonyl (C=O) groups excluding carboxylic acids is 1. The lowest BCUT2D eigenvalue weighted by molar-refractivity contribution is 0.0902. The molecular weight excluding hydrogens is 252 g/mol. The summed E-state index contributed by atoms with van der Waals surface area (Å²) in [5.41, 5.74) is -0.235. The Morgan fingerprint density at radius 1 is 1.44 bits per heavy atom. The molecule has 0 aliphatic rings. The second-order valence-electron chi connectivity index (χ2n) is 4.44. The molecule has 0 aromatic carbocycles. The fourth-order valence-electron chi connectivity index (χ4n) is 1.65. The minimum Gasteiger partial charge on any atom is -0.345 e. The maximum absolute atomic E-state index is 12.1. The van der Waals surface area contributed by atoms with Crippen molar-refractivity contribution in [3.63, 3.8) is 0 Å². The maximum Gasteiger partial charge on any atom is 0.252 e. The number of alkyl halides is 1. The van der Waals surface area contributed by atoms with Gasteiger partial charge in [-0.2, -0.15) is 0 Å². The third kappa shape index (κ3) is 3.13. The van der Waals surface area contributed by atoms with E-state index in [-0.39, 0.29) is 11.5 Å². The summed E-state index contributed by atoms with van der Waals surface area (Å²) in [4.78, 5) is 23.6. The van der Waals surface area contributed by atoms with Crippen LogP contribution in [0.4, 0.5) is 0 Å². The molecule has 1 aromatic heterocycles. The molecule has 1 N–H and O–H groups in total. The SMILES string of the molecule is CCC(CC)(CCl)NC(=O)c1ccn(C)c(=O)c1. The van der Waals surface area contributed by atoms with Crippen LogP contribution in [0.25, 0.3) is 0 Å². The van der Waals surface area contributed by atoms with E-state index in [0.29, 0.717) is 11.4 Å². The zero-order chi connectivity index (χ0) is 13.8. The Balaban J connectivity index is 2.94. The predicted octanol–water partition coefficient (Wildman–Crippen LogP) is 1.91. The highest BCUT2D eigenvalue weighted by molar-refractivity contribution is 6.18. The summed E-state index contributed by atoms with van der Waals surface area (Å²) in [6.07, 6.45) is 3.09. The molecule has 0 spiro atoms. The normalized spacial score (nSPS) is 11.3. The number of aryl methyl sites for hydroxylation is 1. The van der Waals surface area contributed by atoms with Crippen LogP contribution < -0.4 is 10.9 Å². The van der Waals surface area contributed by atoms with Gasteiger partial charge < -0.3 is 9.88 Å². The first kappa shape index (κ1) is 14.8. The highest BCUT2D eigenvalue weighted by Gasteiger charge is 2.27.